The van der Waals surface area contributed by atoms with Gasteiger partial charge in [-0.2, -0.15) is 0 Å². The van der Waals surface area contributed by atoms with Crippen LogP contribution in [0.4, 0.5) is 16.3 Å². The molecule has 0 unspecified atom stereocenters. The molecule has 0 aliphatic heterocycles. The third-order valence-corrected chi connectivity index (χ3v) is 1.63. The number of hydrogen-bond acceptors (Lipinski definition) is 4. The van der Waals surface area contributed by atoms with E-state index in [4.69, 9.17) is 10.8 Å². The SMILES string of the molecule is CCN(Nc1ncccc1N)C(=O)O. The van der Waals surface area contributed by atoms with Gasteiger partial charge in [0.15, 0.2) is 5.82 Å². The fraction of sp³-hybridized carbons (Fsp3) is 0.250. The lowest BCUT2D eigenvalue weighted by Gasteiger charge is -2.19. The Morgan fingerprint density at radius 1 is 1.79 bits per heavy atom. The highest BCUT2D eigenvalue weighted by molar-refractivity contribution is 5.69. The maximum atomic E-state index is 10.6. The van der Waals surface area contributed by atoms with E-state index in [2.05, 4.69) is 10.4 Å². The summed E-state index contributed by atoms with van der Waals surface area (Å²) in [6.45, 7) is 2.02. The van der Waals surface area contributed by atoms with Gasteiger partial charge in [0.2, 0.25) is 0 Å². The summed E-state index contributed by atoms with van der Waals surface area (Å²) in [6, 6.07) is 3.32. The minimum absolute atomic E-state index is 0.311. The van der Waals surface area contributed by atoms with Crippen molar-refractivity contribution in [1.82, 2.24) is 9.99 Å². The van der Waals surface area contributed by atoms with Gasteiger partial charge in [-0.3, -0.25) is 5.43 Å². The van der Waals surface area contributed by atoms with E-state index in [-0.39, 0.29) is 0 Å². The van der Waals surface area contributed by atoms with Crippen molar-refractivity contribution in [3.05, 3.63) is 18.3 Å². The Bertz CT molecular complexity index is 329. The van der Waals surface area contributed by atoms with Gasteiger partial charge in [0.1, 0.15) is 0 Å². The average Bonchev–Trinajstić information content (AvgIpc) is 2.16. The van der Waals surface area contributed by atoms with E-state index in [1.807, 2.05) is 0 Å². The van der Waals surface area contributed by atoms with Gasteiger partial charge in [0.05, 0.1) is 5.69 Å². The molecule has 1 aromatic rings. The van der Waals surface area contributed by atoms with Crippen LogP contribution in [0.15, 0.2) is 18.3 Å². The largest absolute Gasteiger partial charge is 0.464 e. The Hall–Kier alpha value is -1.98. The highest BCUT2D eigenvalue weighted by atomic mass is 16.4. The minimum atomic E-state index is -1.07. The Morgan fingerprint density at radius 2 is 2.50 bits per heavy atom. The predicted octanol–water partition coefficient (Wildman–Crippen LogP) is 0.991. The number of pyridine rings is 1. The first-order valence-corrected chi connectivity index (χ1v) is 4.12. The second-order valence-corrected chi connectivity index (χ2v) is 2.58. The van der Waals surface area contributed by atoms with Crippen molar-refractivity contribution in [3.63, 3.8) is 0 Å². The van der Waals surface area contributed by atoms with Gasteiger partial charge >= 0.3 is 6.09 Å². The van der Waals surface area contributed by atoms with Gasteiger partial charge in [-0.15, -0.1) is 0 Å². The number of carbonyl (C=O) groups is 1. The van der Waals surface area contributed by atoms with Crippen LogP contribution in [0, 0.1) is 0 Å². The standard InChI is InChI=1S/C8H12N4O2/c1-2-12(8(13)14)11-7-6(9)4-3-5-10-7/h3-5H,2,9H2,1H3,(H,10,11)(H,13,14). The molecule has 1 heterocycles. The quantitative estimate of drug-likeness (QED) is 0.627. The van der Waals surface area contributed by atoms with Crippen LogP contribution in [-0.2, 0) is 0 Å². The van der Waals surface area contributed by atoms with E-state index >= 15 is 0 Å². The predicted molar refractivity (Wildman–Crippen MR) is 52.7 cm³/mol. The lowest BCUT2D eigenvalue weighted by Crippen LogP contribution is -2.35. The molecular weight excluding hydrogens is 184 g/mol. The number of amides is 1. The number of hydrogen-bond donors (Lipinski definition) is 3. The van der Waals surface area contributed by atoms with Gasteiger partial charge in [0, 0.05) is 12.7 Å². The summed E-state index contributed by atoms with van der Waals surface area (Å²) < 4.78 is 0. The maximum Gasteiger partial charge on any atom is 0.426 e. The van der Waals surface area contributed by atoms with Crippen molar-refractivity contribution in [3.8, 4) is 0 Å². The number of nitrogen functional groups attached to an aromatic ring is 1. The molecule has 0 radical (unpaired) electrons. The highest BCUT2D eigenvalue weighted by Crippen LogP contribution is 2.13. The summed E-state index contributed by atoms with van der Waals surface area (Å²) >= 11 is 0. The molecule has 0 fully saturated rings. The van der Waals surface area contributed by atoms with E-state index in [0.717, 1.165) is 5.01 Å². The minimum Gasteiger partial charge on any atom is -0.464 e. The molecule has 0 spiro atoms. The third kappa shape index (κ3) is 2.25. The van der Waals surface area contributed by atoms with Gasteiger partial charge in [-0.05, 0) is 19.1 Å². The Balaban J connectivity index is 2.77. The smallest absolute Gasteiger partial charge is 0.426 e. The fourth-order valence-corrected chi connectivity index (χ4v) is 0.901. The zero-order valence-electron chi connectivity index (χ0n) is 7.77. The van der Waals surface area contributed by atoms with E-state index < -0.39 is 6.09 Å². The molecule has 0 saturated heterocycles. The van der Waals surface area contributed by atoms with Crippen molar-refractivity contribution >= 4 is 17.6 Å². The van der Waals surface area contributed by atoms with Crippen LogP contribution in [0.2, 0.25) is 0 Å². The summed E-state index contributed by atoms with van der Waals surface area (Å²) in [5.74, 6) is 0.344. The number of hydrazine groups is 1. The van der Waals surface area contributed by atoms with Crippen molar-refractivity contribution in [1.29, 1.82) is 0 Å². The molecule has 6 nitrogen and oxygen atoms in total. The van der Waals surface area contributed by atoms with Crippen LogP contribution in [-0.4, -0.2) is 27.7 Å². The van der Waals surface area contributed by atoms with E-state index in [0.29, 0.717) is 18.1 Å². The molecule has 0 aromatic carbocycles. The summed E-state index contributed by atoms with van der Waals surface area (Å²) in [4.78, 5) is 14.5. The topological polar surface area (TPSA) is 91.5 Å². The zero-order chi connectivity index (χ0) is 10.6. The number of nitrogens with two attached hydrogens (primary N) is 1. The summed E-state index contributed by atoms with van der Waals surface area (Å²) in [7, 11) is 0. The third-order valence-electron chi connectivity index (χ3n) is 1.63. The number of anilines is 2. The fourth-order valence-electron chi connectivity index (χ4n) is 0.901. The van der Waals surface area contributed by atoms with Crippen molar-refractivity contribution in [2.45, 2.75) is 6.92 Å². The molecule has 14 heavy (non-hydrogen) atoms. The van der Waals surface area contributed by atoms with E-state index in [1.165, 1.54) is 6.20 Å². The molecule has 0 saturated carbocycles. The lowest BCUT2D eigenvalue weighted by atomic mass is 10.4. The summed E-state index contributed by atoms with van der Waals surface area (Å²) in [5, 5.41) is 9.72. The Morgan fingerprint density at radius 3 is 3.00 bits per heavy atom. The Labute approximate surface area is 81.3 Å². The molecule has 4 N–H and O–H groups in total. The van der Waals surface area contributed by atoms with E-state index in [9.17, 15) is 4.79 Å². The molecule has 76 valence electrons. The lowest BCUT2D eigenvalue weighted by molar-refractivity contribution is 0.157. The van der Waals surface area contributed by atoms with E-state index in [1.54, 1.807) is 19.1 Å². The number of carboxylic acid groups (broad SMARTS) is 1. The molecular formula is C8H12N4O2. The first-order valence-electron chi connectivity index (χ1n) is 4.12. The van der Waals surface area contributed by atoms with Crippen molar-refractivity contribution < 1.29 is 9.90 Å². The van der Waals surface area contributed by atoms with Crippen molar-refractivity contribution in [2.24, 2.45) is 0 Å². The van der Waals surface area contributed by atoms with Gasteiger partial charge < -0.3 is 10.8 Å². The molecule has 0 aliphatic rings. The summed E-state index contributed by atoms with van der Waals surface area (Å²) in [5.41, 5.74) is 8.58. The first kappa shape index (κ1) is 10.1. The molecule has 0 bridgehead atoms. The van der Waals surface area contributed by atoms with Gasteiger partial charge in [-0.1, -0.05) is 0 Å². The number of nitrogens with one attached hydrogen (secondary N) is 1. The highest BCUT2D eigenvalue weighted by Gasteiger charge is 2.10. The molecule has 6 heteroatoms. The second kappa shape index (κ2) is 4.31. The second-order valence-electron chi connectivity index (χ2n) is 2.58. The Kier molecular flexibility index (Phi) is 3.11. The monoisotopic (exact) mass is 196 g/mol. The molecule has 0 atom stereocenters. The first-order chi connectivity index (χ1) is 6.65. The molecule has 1 amide bonds. The van der Waals surface area contributed by atoms with Crippen LogP contribution in [0.5, 0.6) is 0 Å². The van der Waals surface area contributed by atoms with Crippen LogP contribution >= 0.6 is 0 Å². The van der Waals surface area contributed by atoms with Crippen LogP contribution < -0.4 is 11.2 Å². The van der Waals surface area contributed by atoms with Crippen molar-refractivity contribution in [2.75, 3.05) is 17.7 Å². The zero-order valence-corrected chi connectivity index (χ0v) is 7.77. The normalized spacial score (nSPS) is 9.50. The van der Waals surface area contributed by atoms with Gasteiger partial charge in [0.25, 0.3) is 0 Å². The number of rotatable bonds is 3. The summed E-state index contributed by atoms with van der Waals surface area (Å²) in [6.07, 6.45) is 0.464. The van der Waals surface area contributed by atoms with Crippen LogP contribution in [0.3, 0.4) is 0 Å². The van der Waals surface area contributed by atoms with Crippen LogP contribution in [0.1, 0.15) is 6.92 Å². The van der Waals surface area contributed by atoms with Gasteiger partial charge in [-0.25, -0.2) is 14.8 Å². The molecule has 1 rings (SSSR count). The number of aromatic nitrogens is 1. The maximum absolute atomic E-state index is 10.6. The molecule has 1 aromatic heterocycles. The van der Waals surface area contributed by atoms with Crippen LogP contribution in [0.25, 0.3) is 0 Å². The molecule has 0 aliphatic carbocycles. The number of nitrogens with zero attached hydrogens (tertiary/aromatic N) is 2. The average molecular weight is 196 g/mol.